The minimum Gasteiger partial charge on any atom is -0.490 e. The lowest BCUT2D eigenvalue weighted by Crippen LogP contribution is -2.03. The molecule has 0 amide bonds. The van der Waals surface area contributed by atoms with Gasteiger partial charge < -0.3 is 15.8 Å². The van der Waals surface area contributed by atoms with Crippen molar-refractivity contribution in [3.05, 3.63) is 47.2 Å². The Morgan fingerprint density at radius 1 is 1.10 bits per heavy atom. The standard InChI is InChI=1S/C15H13BrN4O/c1-21-13-14(17)18-8-19-15(13)20-12-7-6-11(16)9-4-2-3-5-10(9)12/h2-8H,1H3,(H3,17,18,19,20). The zero-order valence-corrected chi connectivity index (χ0v) is 12.9. The first-order valence-corrected chi connectivity index (χ1v) is 7.08. The average Bonchev–Trinajstić information content (AvgIpc) is 2.51. The van der Waals surface area contributed by atoms with Crippen LogP contribution in [0.2, 0.25) is 0 Å². The van der Waals surface area contributed by atoms with Gasteiger partial charge >= 0.3 is 0 Å². The van der Waals surface area contributed by atoms with Crippen molar-refractivity contribution in [1.29, 1.82) is 0 Å². The number of methoxy groups -OCH3 is 1. The van der Waals surface area contributed by atoms with Gasteiger partial charge in [0.1, 0.15) is 6.33 Å². The Morgan fingerprint density at radius 2 is 1.86 bits per heavy atom. The Bertz CT molecular complexity index is 807. The van der Waals surface area contributed by atoms with Gasteiger partial charge in [-0.15, -0.1) is 0 Å². The normalized spacial score (nSPS) is 10.6. The maximum atomic E-state index is 5.80. The number of fused-ring (bicyclic) bond motifs is 1. The minimum atomic E-state index is 0.302. The summed E-state index contributed by atoms with van der Waals surface area (Å²) < 4.78 is 6.30. The van der Waals surface area contributed by atoms with Crippen molar-refractivity contribution in [3.8, 4) is 5.75 Å². The number of nitrogens with zero attached hydrogens (tertiary/aromatic N) is 2. The van der Waals surface area contributed by atoms with E-state index in [1.54, 1.807) is 7.11 Å². The highest BCUT2D eigenvalue weighted by molar-refractivity contribution is 9.10. The molecule has 0 saturated heterocycles. The van der Waals surface area contributed by atoms with Gasteiger partial charge in [0, 0.05) is 15.5 Å². The number of benzene rings is 2. The fraction of sp³-hybridized carbons (Fsp3) is 0.0667. The smallest absolute Gasteiger partial charge is 0.204 e. The molecular weight excluding hydrogens is 332 g/mol. The first kappa shape index (κ1) is 13.6. The van der Waals surface area contributed by atoms with E-state index < -0.39 is 0 Å². The molecular formula is C15H13BrN4O. The van der Waals surface area contributed by atoms with Gasteiger partial charge in [-0.25, -0.2) is 9.97 Å². The molecule has 106 valence electrons. The summed E-state index contributed by atoms with van der Waals surface area (Å²) >= 11 is 3.56. The van der Waals surface area contributed by atoms with Crippen molar-refractivity contribution in [2.75, 3.05) is 18.2 Å². The van der Waals surface area contributed by atoms with E-state index in [1.165, 1.54) is 6.33 Å². The van der Waals surface area contributed by atoms with Crippen LogP contribution in [0.15, 0.2) is 47.2 Å². The summed E-state index contributed by atoms with van der Waals surface area (Å²) in [5, 5.41) is 5.45. The summed E-state index contributed by atoms with van der Waals surface area (Å²) in [6.07, 6.45) is 1.40. The van der Waals surface area contributed by atoms with Gasteiger partial charge in [0.15, 0.2) is 11.6 Å². The monoisotopic (exact) mass is 344 g/mol. The molecule has 3 rings (SSSR count). The molecule has 0 unspecified atom stereocenters. The van der Waals surface area contributed by atoms with Crippen LogP contribution < -0.4 is 15.8 Å². The van der Waals surface area contributed by atoms with E-state index in [1.807, 2.05) is 30.3 Å². The van der Waals surface area contributed by atoms with E-state index in [4.69, 9.17) is 10.5 Å². The minimum absolute atomic E-state index is 0.302. The van der Waals surface area contributed by atoms with Crippen molar-refractivity contribution >= 4 is 44.0 Å². The number of rotatable bonds is 3. The van der Waals surface area contributed by atoms with E-state index in [9.17, 15) is 0 Å². The van der Waals surface area contributed by atoms with E-state index in [0.717, 1.165) is 20.9 Å². The van der Waals surface area contributed by atoms with Gasteiger partial charge in [-0.05, 0) is 17.5 Å². The van der Waals surface area contributed by atoms with Gasteiger partial charge in [0.25, 0.3) is 0 Å². The highest BCUT2D eigenvalue weighted by Gasteiger charge is 2.11. The maximum absolute atomic E-state index is 5.80. The van der Waals surface area contributed by atoms with Crippen LogP contribution in [-0.2, 0) is 0 Å². The largest absolute Gasteiger partial charge is 0.490 e. The average molecular weight is 345 g/mol. The summed E-state index contributed by atoms with van der Waals surface area (Å²) in [7, 11) is 1.54. The molecule has 0 aliphatic heterocycles. The van der Waals surface area contributed by atoms with Crippen molar-refractivity contribution < 1.29 is 4.74 Å². The molecule has 0 bridgehead atoms. The molecule has 1 heterocycles. The first-order chi connectivity index (χ1) is 10.2. The second kappa shape index (κ2) is 5.57. The third-order valence-corrected chi connectivity index (χ3v) is 3.85. The van der Waals surface area contributed by atoms with Gasteiger partial charge in [-0.1, -0.05) is 40.2 Å². The predicted molar refractivity (Wildman–Crippen MR) is 87.9 cm³/mol. The molecule has 0 fully saturated rings. The number of aromatic nitrogens is 2. The Kier molecular flexibility index (Phi) is 3.62. The topological polar surface area (TPSA) is 73.1 Å². The van der Waals surface area contributed by atoms with E-state index in [0.29, 0.717) is 17.4 Å². The summed E-state index contributed by atoms with van der Waals surface area (Å²) in [6.45, 7) is 0. The number of nitrogens with two attached hydrogens (primary N) is 1. The lowest BCUT2D eigenvalue weighted by Gasteiger charge is -2.13. The van der Waals surface area contributed by atoms with Gasteiger partial charge in [0.2, 0.25) is 5.75 Å². The molecule has 6 heteroatoms. The van der Waals surface area contributed by atoms with Crippen LogP contribution in [0.3, 0.4) is 0 Å². The molecule has 2 aromatic carbocycles. The zero-order chi connectivity index (χ0) is 14.8. The molecule has 0 radical (unpaired) electrons. The molecule has 3 N–H and O–H groups in total. The van der Waals surface area contributed by atoms with Crippen LogP contribution in [0.5, 0.6) is 5.75 Å². The van der Waals surface area contributed by atoms with Gasteiger partial charge in [-0.3, -0.25) is 0 Å². The summed E-state index contributed by atoms with van der Waals surface area (Å²) in [4.78, 5) is 8.12. The van der Waals surface area contributed by atoms with Crippen LogP contribution in [0.1, 0.15) is 0 Å². The van der Waals surface area contributed by atoms with Gasteiger partial charge in [-0.2, -0.15) is 0 Å². The van der Waals surface area contributed by atoms with E-state index in [-0.39, 0.29) is 0 Å². The number of hydrogen-bond donors (Lipinski definition) is 2. The third kappa shape index (κ3) is 2.50. The molecule has 0 spiro atoms. The molecule has 0 atom stereocenters. The summed E-state index contributed by atoms with van der Waals surface area (Å²) in [5.41, 5.74) is 6.72. The highest BCUT2D eigenvalue weighted by Crippen LogP contribution is 2.34. The Hall–Kier alpha value is -2.34. The second-order valence-electron chi connectivity index (χ2n) is 4.41. The van der Waals surface area contributed by atoms with Crippen LogP contribution >= 0.6 is 15.9 Å². The maximum Gasteiger partial charge on any atom is 0.204 e. The number of ether oxygens (including phenoxy) is 1. The van der Waals surface area contributed by atoms with E-state index in [2.05, 4.69) is 37.3 Å². The fourth-order valence-electron chi connectivity index (χ4n) is 2.18. The predicted octanol–water partition coefficient (Wildman–Crippen LogP) is 3.73. The molecule has 0 aliphatic carbocycles. The number of hydrogen-bond acceptors (Lipinski definition) is 5. The highest BCUT2D eigenvalue weighted by atomic mass is 79.9. The zero-order valence-electron chi connectivity index (χ0n) is 11.3. The first-order valence-electron chi connectivity index (χ1n) is 6.29. The van der Waals surface area contributed by atoms with Crippen LogP contribution in [0.4, 0.5) is 17.3 Å². The fourth-order valence-corrected chi connectivity index (χ4v) is 2.65. The lowest BCUT2D eigenvalue weighted by molar-refractivity contribution is 0.415. The Labute approximate surface area is 130 Å². The number of nitrogen functional groups attached to an aromatic ring is 1. The summed E-state index contributed by atoms with van der Waals surface area (Å²) in [6, 6.07) is 12.0. The Balaban J connectivity index is 2.11. The van der Waals surface area contributed by atoms with Crippen LogP contribution in [-0.4, -0.2) is 17.1 Å². The van der Waals surface area contributed by atoms with Crippen molar-refractivity contribution in [2.24, 2.45) is 0 Å². The number of nitrogens with one attached hydrogen (secondary N) is 1. The SMILES string of the molecule is COc1c(N)ncnc1Nc1ccc(Br)c2ccccc12. The molecule has 5 nitrogen and oxygen atoms in total. The van der Waals surface area contributed by atoms with E-state index >= 15 is 0 Å². The molecule has 0 saturated carbocycles. The Morgan fingerprint density at radius 3 is 2.62 bits per heavy atom. The number of halogens is 1. The van der Waals surface area contributed by atoms with Gasteiger partial charge in [0.05, 0.1) is 7.11 Å². The second-order valence-corrected chi connectivity index (χ2v) is 5.26. The molecule has 3 aromatic rings. The summed E-state index contributed by atoms with van der Waals surface area (Å²) in [5.74, 6) is 1.28. The molecule has 21 heavy (non-hydrogen) atoms. The quantitative estimate of drug-likeness (QED) is 0.757. The van der Waals surface area contributed by atoms with Crippen LogP contribution in [0.25, 0.3) is 10.8 Å². The molecule has 1 aromatic heterocycles. The van der Waals surface area contributed by atoms with Crippen LogP contribution in [0, 0.1) is 0 Å². The lowest BCUT2D eigenvalue weighted by atomic mass is 10.1. The number of anilines is 3. The third-order valence-electron chi connectivity index (χ3n) is 3.16. The van der Waals surface area contributed by atoms with Crippen molar-refractivity contribution in [3.63, 3.8) is 0 Å². The van der Waals surface area contributed by atoms with Crippen molar-refractivity contribution in [2.45, 2.75) is 0 Å². The molecule has 0 aliphatic rings. The van der Waals surface area contributed by atoms with Crippen molar-refractivity contribution in [1.82, 2.24) is 9.97 Å².